The van der Waals surface area contributed by atoms with E-state index in [4.69, 9.17) is 9.90 Å². The predicted octanol–water partition coefficient (Wildman–Crippen LogP) is 1.28. The Bertz CT molecular complexity index is 407. The molecule has 1 saturated heterocycles. The third kappa shape index (κ3) is 5.36. The zero-order valence-corrected chi connectivity index (χ0v) is 12.7. The van der Waals surface area contributed by atoms with Crippen LogP contribution < -0.4 is 10.6 Å². The van der Waals surface area contributed by atoms with Gasteiger partial charge in [0.2, 0.25) is 0 Å². The summed E-state index contributed by atoms with van der Waals surface area (Å²) in [5.74, 6) is -2.03. The molecule has 1 unspecified atom stereocenters. The Labute approximate surface area is 127 Å². The minimum absolute atomic E-state index is 0.0333. The van der Waals surface area contributed by atoms with Crippen molar-refractivity contribution in [2.24, 2.45) is 11.3 Å². The molecule has 0 aromatic heterocycles. The van der Waals surface area contributed by atoms with Gasteiger partial charge in [0.1, 0.15) is 0 Å². The van der Waals surface area contributed by atoms with Gasteiger partial charge in [0.15, 0.2) is 0 Å². The number of alkyl halides is 3. The van der Waals surface area contributed by atoms with Gasteiger partial charge in [0, 0.05) is 20.6 Å². The van der Waals surface area contributed by atoms with Crippen LogP contribution in [0, 0.1) is 11.3 Å². The summed E-state index contributed by atoms with van der Waals surface area (Å²) < 4.78 is 31.7. The van der Waals surface area contributed by atoms with Gasteiger partial charge in [0.05, 0.1) is 0 Å². The van der Waals surface area contributed by atoms with Crippen molar-refractivity contribution in [2.75, 3.05) is 33.7 Å². The van der Waals surface area contributed by atoms with Crippen LogP contribution in [0.15, 0.2) is 0 Å². The van der Waals surface area contributed by atoms with Crippen molar-refractivity contribution in [3.63, 3.8) is 0 Å². The van der Waals surface area contributed by atoms with Crippen LogP contribution in [-0.4, -0.2) is 61.9 Å². The highest BCUT2D eigenvalue weighted by molar-refractivity contribution is 5.73. The fourth-order valence-corrected chi connectivity index (χ4v) is 2.63. The largest absolute Gasteiger partial charge is 0.490 e. The molecule has 6 nitrogen and oxygen atoms in total. The number of amides is 2. The van der Waals surface area contributed by atoms with Crippen molar-refractivity contribution in [2.45, 2.75) is 25.4 Å². The maximum absolute atomic E-state index is 11.3. The van der Waals surface area contributed by atoms with E-state index in [2.05, 4.69) is 10.6 Å². The van der Waals surface area contributed by atoms with Crippen LogP contribution in [0.25, 0.3) is 0 Å². The fourth-order valence-electron chi connectivity index (χ4n) is 2.63. The molecule has 1 aliphatic heterocycles. The number of hydrogen-bond donors (Lipinski definition) is 3. The predicted molar refractivity (Wildman–Crippen MR) is 73.4 cm³/mol. The second-order valence-electron chi connectivity index (χ2n) is 5.90. The lowest BCUT2D eigenvalue weighted by molar-refractivity contribution is -0.192. The van der Waals surface area contributed by atoms with E-state index in [0.29, 0.717) is 5.41 Å². The third-order valence-electron chi connectivity index (χ3n) is 4.11. The standard InChI is InChI=1S/C11H21N3O.C2HF3O2/c1-14(2)10(15)13-8-9-7-11(9)3-5-12-6-4-11;3-2(4,5)1(6)7/h9,12H,3-8H2,1-2H3,(H,13,15);(H,6,7). The van der Waals surface area contributed by atoms with Gasteiger partial charge in [-0.1, -0.05) is 0 Å². The summed E-state index contributed by atoms with van der Waals surface area (Å²) in [4.78, 5) is 21.8. The smallest absolute Gasteiger partial charge is 0.475 e. The number of carboxylic acid groups (broad SMARTS) is 1. The number of urea groups is 1. The van der Waals surface area contributed by atoms with E-state index >= 15 is 0 Å². The average Bonchev–Trinajstić information content (AvgIpc) is 3.08. The summed E-state index contributed by atoms with van der Waals surface area (Å²) in [7, 11) is 3.56. The van der Waals surface area contributed by atoms with Crippen LogP contribution in [0.3, 0.4) is 0 Å². The van der Waals surface area contributed by atoms with Crippen LogP contribution in [-0.2, 0) is 4.79 Å². The molecule has 2 rings (SSSR count). The van der Waals surface area contributed by atoms with Gasteiger partial charge in [-0.25, -0.2) is 9.59 Å². The summed E-state index contributed by atoms with van der Waals surface area (Å²) in [6.07, 6.45) is -1.20. The second-order valence-corrected chi connectivity index (χ2v) is 5.90. The van der Waals surface area contributed by atoms with Crippen LogP contribution in [0.2, 0.25) is 0 Å². The molecule has 22 heavy (non-hydrogen) atoms. The van der Waals surface area contributed by atoms with E-state index in [9.17, 15) is 18.0 Å². The molecule has 0 radical (unpaired) electrons. The fraction of sp³-hybridized carbons (Fsp3) is 0.846. The quantitative estimate of drug-likeness (QED) is 0.714. The zero-order chi connectivity index (χ0) is 17.0. The van der Waals surface area contributed by atoms with E-state index < -0.39 is 12.1 Å². The lowest BCUT2D eigenvalue weighted by Gasteiger charge is -2.23. The number of halogens is 3. The number of carboxylic acids is 1. The molecule has 9 heteroatoms. The topological polar surface area (TPSA) is 81.7 Å². The van der Waals surface area contributed by atoms with Gasteiger partial charge in [-0.2, -0.15) is 13.2 Å². The Kier molecular flexibility index (Phi) is 6.04. The SMILES string of the molecule is CN(C)C(=O)NCC1CC12CCNCC2.O=C(O)C(F)(F)F. The van der Waals surface area contributed by atoms with E-state index in [1.165, 1.54) is 19.3 Å². The first kappa shape index (κ1) is 18.5. The number of rotatable bonds is 2. The average molecular weight is 325 g/mol. The zero-order valence-electron chi connectivity index (χ0n) is 12.7. The van der Waals surface area contributed by atoms with Gasteiger partial charge in [-0.05, 0) is 43.7 Å². The Morgan fingerprint density at radius 3 is 2.23 bits per heavy atom. The Morgan fingerprint density at radius 1 is 1.32 bits per heavy atom. The number of nitrogens with one attached hydrogen (secondary N) is 2. The molecule has 2 amide bonds. The van der Waals surface area contributed by atoms with Gasteiger partial charge in [-0.15, -0.1) is 0 Å². The summed E-state index contributed by atoms with van der Waals surface area (Å²) in [5, 5.41) is 13.5. The minimum Gasteiger partial charge on any atom is -0.475 e. The molecule has 1 saturated carbocycles. The van der Waals surface area contributed by atoms with Crippen LogP contribution >= 0.6 is 0 Å². The molecule has 0 aromatic carbocycles. The third-order valence-corrected chi connectivity index (χ3v) is 4.11. The maximum atomic E-state index is 11.3. The Morgan fingerprint density at radius 2 is 1.82 bits per heavy atom. The lowest BCUT2D eigenvalue weighted by Crippen LogP contribution is -2.37. The van der Waals surface area contributed by atoms with Crippen molar-refractivity contribution < 1.29 is 27.9 Å². The summed E-state index contributed by atoms with van der Waals surface area (Å²) >= 11 is 0. The van der Waals surface area contributed by atoms with E-state index in [1.54, 1.807) is 19.0 Å². The summed E-state index contributed by atoms with van der Waals surface area (Å²) in [6, 6.07) is 0.0333. The Hall–Kier alpha value is -1.51. The molecule has 1 aliphatic carbocycles. The molecule has 128 valence electrons. The molecule has 2 aliphatic rings. The molecule has 0 aromatic rings. The van der Waals surface area contributed by atoms with Crippen LogP contribution in [0.1, 0.15) is 19.3 Å². The number of aliphatic carboxylic acids is 1. The molecule has 1 spiro atoms. The van der Waals surface area contributed by atoms with Gasteiger partial charge in [-0.3, -0.25) is 0 Å². The molecule has 1 atom stereocenters. The number of piperidine rings is 1. The number of carbonyl (C=O) groups excluding carboxylic acids is 1. The first-order chi connectivity index (χ1) is 10.1. The summed E-state index contributed by atoms with van der Waals surface area (Å²) in [5.41, 5.74) is 0.574. The lowest BCUT2D eigenvalue weighted by atomic mass is 9.92. The summed E-state index contributed by atoms with van der Waals surface area (Å²) in [6.45, 7) is 3.16. The van der Waals surface area contributed by atoms with Gasteiger partial charge in [0.25, 0.3) is 0 Å². The van der Waals surface area contributed by atoms with Crippen LogP contribution in [0.4, 0.5) is 18.0 Å². The molecule has 1 heterocycles. The van der Waals surface area contributed by atoms with E-state index in [0.717, 1.165) is 25.6 Å². The first-order valence-electron chi connectivity index (χ1n) is 7.04. The normalized spacial score (nSPS) is 22.3. The molecule has 0 bridgehead atoms. The van der Waals surface area contributed by atoms with Crippen LogP contribution in [0.5, 0.6) is 0 Å². The van der Waals surface area contributed by atoms with Gasteiger partial charge >= 0.3 is 18.2 Å². The highest BCUT2D eigenvalue weighted by Crippen LogP contribution is 2.58. The van der Waals surface area contributed by atoms with Crippen molar-refractivity contribution in [1.29, 1.82) is 0 Å². The highest BCUT2D eigenvalue weighted by Gasteiger charge is 2.53. The molecule has 3 N–H and O–H groups in total. The van der Waals surface area contributed by atoms with Crippen molar-refractivity contribution in [3.8, 4) is 0 Å². The highest BCUT2D eigenvalue weighted by atomic mass is 19.4. The second kappa shape index (κ2) is 7.17. The first-order valence-corrected chi connectivity index (χ1v) is 7.04. The number of hydrogen-bond acceptors (Lipinski definition) is 3. The molecule has 2 fully saturated rings. The molecular weight excluding hydrogens is 303 g/mol. The van der Waals surface area contributed by atoms with Gasteiger partial charge < -0.3 is 20.6 Å². The number of carbonyl (C=O) groups is 2. The van der Waals surface area contributed by atoms with E-state index in [1.807, 2.05) is 0 Å². The Balaban J connectivity index is 0.000000295. The number of nitrogens with zero attached hydrogens (tertiary/aromatic N) is 1. The van der Waals surface area contributed by atoms with E-state index in [-0.39, 0.29) is 6.03 Å². The van der Waals surface area contributed by atoms with Crippen molar-refractivity contribution in [1.82, 2.24) is 15.5 Å². The molecular formula is C13H22F3N3O3. The van der Waals surface area contributed by atoms with Crippen molar-refractivity contribution >= 4 is 12.0 Å². The minimum atomic E-state index is -5.08. The maximum Gasteiger partial charge on any atom is 0.490 e. The monoisotopic (exact) mass is 325 g/mol. The van der Waals surface area contributed by atoms with Crippen molar-refractivity contribution in [3.05, 3.63) is 0 Å².